The van der Waals surface area contributed by atoms with Crippen molar-refractivity contribution in [3.05, 3.63) is 18.3 Å². The molecule has 0 radical (unpaired) electrons. The largest absolute Gasteiger partial charge is 0.248 e. The van der Waals surface area contributed by atoms with E-state index in [-0.39, 0.29) is 0 Å². The second-order valence-corrected chi connectivity index (χ2v) is 5.24. The Hall–Kier alpha value is 1.31. The van der Waals surface area contributed by atoms with Crippen molar-refractivity contribution in [1.82, 2.24) is 4.98 Å². The summed E-state index contributed by atoms with van der Waals surface area (Å²) in [5.41, 5.74) is 0. The first-order valence-electron chi connectivity index (χ1n) is 2.40. The minimum absolute atomic E-state index is 1.10. The molecule has 1 rings (SSSR count). The van der Waals surface area contributed by atoms with Crippen molar-refractivity contribution in [3.8, 4) is 0 Å². The number of hydrogen-bond acceptors (Lipinski definition) is 3. The van der Waals surface area contributed by atoms with Crippen molar-refractivity contribution in [2.24, 2.45) is 0 Å². The van der Waals surface area contributed by atoms with Crippen molar-refractivity contribution >= 4 is 60.3 Å². The maximum Gasteiger partial charge on any atom is 0.120 e. The second-order valence-electron chi connectivity index (χ2n) is 1.46. The number of halogens is 2. The van der Waals surface area contributed by atoms with Crippen molar-refractivity contribution in [3.63, 3.8) is 0 Å². The second kappa shape index (κ2) is 5.04. The van der Waals surface area contributed by atoms with Gasteiger partial charge in [0.15, 0.2) is 0 Å². The van der Waals surface area contributed by atoms with Gasteiger partial charge in [-0.2, -0.15) is 0 Å². The Morgan fingerprint density at radius 1 is 1.30 bits per heavy atom. The molecule has 0 aliphatic carbocycles. The van der Waals surface area contributed by atoms with Crippen LogP contribution < -0.4 is 0 Å². The van der Waals surface area contributed by atoms with Gasteiger partial charge in [0.1, 0.15) is 5.03 Å². The highest BCUT2D eigenvalue weighted by atomic mass is 127. The fraction of sp³-hybridized carbons (Fsp3) is 0. The molecular weight excluding hydrogens is 392 g/mol. The summed E-state index contributed by atoms with van der Waals surface area (Å²) in [5, 5.41) is 1.10. The number of pyridine rings is 1. The van der Waals surface area contributed by atoms with Crippen molar-refractivity contribution in [2.45, 2.75) is 9.92 Å². The third kappa shape index (κ3) is 2.42. The molecule has 0 bridgehead atoms. The Labute approximate surface area is 92.3 Å². The first kappa shape index (κ1) is 9.40. The van der Waals surface area contributed by atoms with Gasteiger partial charge in [-0.3, -0.25) is 0 Å². The van der Waals surface area contributed by atoms with Gasteiger partial charge in [-0.05, 0) is 21.1 Å². The van der Waals surface area contributed by atoms with Gasteiger partial charge in [0.05, 0.1) is 4.90 Å². The third-order valence-corrected chi connectivity index (χ3v) is 4.66. The molecule has 0 N–H and O–H groups in total. The molecular formula is C5H3I2NS2. The molecule has 5 heteroatoms. The molecule has 0 saturated heterocycles. The molecule has 0 amide bonds. The van der Waals surface area contributed by atoms with E-state index in [0.717, 1.165) is 5.03 Å². The van der Waals surface area contributed by atoms with Gasteiger partial charge < -0.3 is 0 Å². The van der Waals surface area contributed by atoms with Crippen LogP contribution in [0.15, 0.2) is 28.3 Å². The molecule has 1 aromatic rings. The van der Waals surface area contributed by atoms with Gasteiger partial charge in [-0.15, -0.1) is 0 Å². The normalized spacial score (nSPS) is 9.80. The minimum Gasteiger partial charge on any atom is -0.248 e. The number of aromatic nitrogens is 1. The van der Waals surface area contributed by atoms with Gasteiger partial charge in [0, 0.05) is 48.6 Å². The zero-order chi connectivity index (χ0) is 7.40. The molecule has 54 valence electrons. The Bertz CT molecular complexity index is 196. The smallest absolute Gasteiger partial charge is 0.120 e. The van der Waals surface area contributed by atoms with Crippen molar-refractivity contribution < 1.29 is 0 Å². The van der Waals surface area contributed by atoms with E-state index in [0.29, 0.717) is 0 Å². The van der Waals surface area contributed by atoms with E-state index in [4.69, 9.17) is 0 Å². The Morgan fingerprint density at radius 2 is 2.10 bits per heavy atom. The van der Waals surface area contributed by atoms with Gasteiger partial charge in [0.25, 0.3) is 0 Å². The van der Waals surface area contributed by atoms with Crippen LogP contribution in [0.5, 0.6) is 0 Å². The number of nitrogens with zero attached hydrogens (tertiary/aromatic N) is 1. The van der Waals surface area contributed by atoms with Gasteiger partial charge in [-0.1, -0.05) is 8.93 Å². The van der Waals surface area contributed by atoms with Gasteiger partial charge >= 0.3 is 0 Å². The zero-order valence-electron chi connectivity index (χ0n) is 4.75. The van der Waals surface area contributed by atoms with E-state index in [2.05, 4.69) is 53.5 Å². The molecule has 0 aliphatic heterocycles. The summed E-state index contributed by atoms with van der Waals surface area (Å²) in [6.07, 6.45) is 1.82. The Kier molecular flexibility index (Phi) is 4.74. The molecule has 0 atom stereocenters. The first-order valence-corrected chi connectivity index (χ1v) is 9.12. The summed E-state index contributed by atoms with van der Waals surface area (Å²) in [5.74, 6) is 0. The zero-order valence-corrected chi connectivity index (χ0v) is 10.7. The third-order valence-electron chi connectivity index (χ3n) is 0.892. The maximum absolute atomic E-state index is 4.20. The highest BCUT2D eigenvalue weighted by Crippen LogP contribution is 2.35. The summed E-state index contributed by atoms with van der Waals surface area (Å²) in [6, 6.07) is 4.03. The summed E-state index contributed by atoms with van der Waals surface area (Å²) >= 11 is 4.50. The Morgan fingerprint density at radius 3 is 2.60 bits per heavy atom. The quantitative estimate of drug-likeness (QED) is 0.704. The van der Waals surface area contributed by atoms with Crippen LogP contribution in [0.3, 0.4) is 0 Å². The maximum atomic E-state index is 4.20. The van der Waals surface area contributed by atoms with E-state index in [1.54, 1.807) is 17.9 Å². The first-order chi connectivity index (χ1) is 4.88. The van der Waals surface area contributed by atoms with Crippen LogP contribution in [0.2, 0.25) is 0 Å². The average molecular weight is 395 g/mol. The summed E-state index contributed by atoms with van der Waals surface area (Å²) < 4.78 is 0. The lowest BCUT2D eigenvalue weighted by Gasteiger charge is -1.97. The molecule has 1 nitrogen and oxygen atoms in total. The van der Waals surface area contributed by atoms with Crippen molar-refractivity contribution in [1.29, 1.82) is 0 Å². The van der Waals surface area contributed by atoms with Crippen LogP contribution in [0.4, 0.5) is 0 Å². The average Bonchev–Trinajstić information content (AvgIpc) is 2.04. The fourth-order valence-corrected chi connectivity index (χ4v) is 4.25. The van der Waals surface area contributed by atoms with Crippen LogP contribution >= 0.6 is 60.3 Å². The molecule has 0 fully saturated rings. The lowest BCUT2D eigenvalue weighted by molar-refractivity contribution is 1.05. The van der Waals surface area contributed by atoms with E-state index in [1.807, 2.05) is 12.3 Å². The van der Waals surface area contributed by atoms with E-state index in [9.17, 15) is 0 Å². The molecule has 0 saturated carbocycles. The summed E-state index contributed by atoms with van der Waals surface area (Å²) in [7, 11) is 3.36. The molecule has 0 unspecified atom stereocenters. The number of hydrogen-bond donors (Lipinski definition) is 0. The lowest BCUT2D eigenvalue weighted by atomic mass is 10.5. The summed E-state index contributed by atoms with van der Waals surface area (Å²) in [6.45, 7) is 0. The summed E-state index contributed by atoms with van der Waals surface area (Å²) in [4.78, 5) is 5.44. The number of rotatable bonds is 2. The van der Waals surface area contributed by atoms with Crippen LogP contribution in [0.1, 0.15) is 0 Å². The predicted octanol–water partition coefficient (Wildman–Crippen LogP) is 3.97. The minimum atomic E-state index is 1.10. The molecule has 10 heavy (non-hydrogen) atoms. The van der Waals surface area contributed by atoms with Crippen LogP contribution in [-0.4, -0.2) is 4.98 Å². The monoisotopic (exact) mass is 395 g/mol. The molecule has 1 aromatic heterocycles. The molecule has 1 heterocycles. The predicted molar refractivity (Wildman–Crippen MR) is 64.0 cm³/mol. The van der Waals surface area contributed by atoms with Gasteiger partial charge in [0.2, 0.25) is 0 Å². The standard InChI is InChI=1S/C5H3I2NS2/c6-9-4-2-1-3-8-5(4)10-7/h1-3H. The highest BCUT2D eigenvalue weighted by molar-refractivity contribution is 14.2. The molecule has 0 spiro atoms. The van der Waals surface area contributed by atoms with E-state index >= 15 is 0 Å². The van der Waals surface area contributed by atoms with Crippen molar-refractivity contribution in [2.75, 3.05) is 0 Å². The van der Waals surface area contributed by atoms with Gasteiger partial charge in [-0.25, -0.2) is 4.98 Å². The Balaban J connectivity index is 2.96. The van der Waals surface area contributed by atoms with E-state index < -0.39 is 0 Å². The fourth-order valence-electron chi connectivity index (χ4n) is 0.493. The van der Waals surface area contributed by atoms with E-state index in [1.165, 1.54) is 4.90 Å². The van der Waals surface area contributed by atoms with Crippen LogP contribution in [0, 0.1) is 0 Å². The SMILES string of the molecule is ISc1cccnc1SI. The van der Waals surface area contributed by atoms with Crippen LogP contribution in [0.25, 0.3) is 0 Å². The van der Waals surface area contributed by atoms with Crippen LogP contribution in [-0.2, 0) is 0 Å². The lowest BCUT2D eigenvalue weighted by Crippen LogP contribution is -1.76. The molecule has 0 aliphatic rings. The highest BCUT2D eigenvalue weighted by Gasteiger charge is 1.99. The molecule has 0 aromatic carbocycles. The topological polar surface area (TPSA) is 12.9 Å².